The van der Waals surface area contributed by atoms with Crippen molar-refractivity contribution in [2.24, 2.45) is 0 Å². The van der Waals surface area contributed by atoms with Gasteiger partial charge in [-0.3, -0.25) is 4.79 Å². The van der Waals surface area contributed by atoms with E-state index in [1.807, 2.05) is 18.2 Å². The lowest BCUT2D eigenvalue weighted by Gasteiger charge is -2.20. The lowest BCUT2D eigenvalue weighted by atomic mass is 10.2. The van der Waals surface area contributed by atoms with E-state index in [9.17, 15) is 13.2 Å². The maximum atomic E-state index is 13.2. The third kappa shape index (κ3) is 5.73. The van der Waals surface area contributed by atoms with Gasteiger partial charge < -0.3 is 10.1 Å². The summed E-state index contributed by atoms with van der Waals surface area (Å²) in [6.45, 7) is 0.935. The third-order valence-corrected chi connectivity index (χ3v) is 8.01. The number of para-hydroxylation sites is 1. The highest BCUT2D eigenvalue weighted by molar-refractivity contribution is 7.89. The molecule has 1 heterocycles. The van der Waals surface area contributed by atoms with Crippen molar-refractivity contribution in [2.45, 2.75) is 30.6 Å². The molecule has 0 aliphatic carbocycles. The number of anilines is 1. The minimum Gasteiger partial charge on any atom is -0.455 e. The number of ether oxygens (including phenoxy) is 1. The van der Waals surface area contributed by atoms with E-state index in [2.05, 4.69) is 5.32 Å². The smallest absolute Gasteiger partial charge is 0.257 e. The van der Waals surface area contributed by atoms with E-state index in [4.69, 9.17) is 27.9 Å². The van der Waals surface area contributed by atoms with Gasteiger partial charge in [0.15, 0.2) is 5.75 Å². The minimum absolute atomic E-state index is 0.0378. The van der Waals surface area contributed by atoms with Crippen molar-refractivity contribution in [3.63, 3.8) is 0 Å². The molecular weight excluding hydrogens is 495 g/mol. The van der Waals surface area contributed by atoms with Gasteiger partial charge in [0.2, 0.25) is 10.0 Å². The van der Waals surface area contributed by atoms with Gasteiger partial charge in [0.25, 0.3) is 5.91 Å². The summed E-state index contributed by atoms with van der Waals surface area (Å²) in [6.07, 6.45) is 3.65. The molecule has 3 aromatic rings. The number of carbonyl (C=O) groups excluding carboxylic acids is 1. The summed E-state index contributed by atoms with van der Waals surface area (Å²) in [5.41, 5.74) is 0.376. The van der Waals surface area contributed by atoms with Gasteiger partial charge in [-0.2, -0.15) is 4.31 Å². The number of amides is 1. The van der Waals surface area contributed by atoms with Crippen molar-refractivity contribution in [2.75, 3.05) is 18.4 Å². The van der Waals surface area contributed by atoms with Crippen molar-refractivity contribution >= 4 is 44.8 Å². The number of hydrogen-bond donors (Lipinski definition) is 1. The summed E-state index contributed by atoms with van der Waals surface area (Å²) in [4.78, 5) is 13.2. The number of nitrogens with one attached hydrogen (secondary N) is 1. The number of nitrogens with zero attached hydrogens (tertiary/aromatic N) is 1. The van der Waals surface area contributed by atoms with Gasteiger partial charge in [0, 0.05) is 18.1 Å². The standard InChI is InChI=1S/C25H24Cl2N2O4S/c26-18-10-13-24(33-19-8-4-3-5-9-19)23(16-18)28-25(30)21-17-20(11-12-22(21)27)34(31,32)29-14-6-1-2-7-15-29/h3-5,8-13,16-17H,1-2,6-7,14-15H2,(H,28,30). The number of rotatable bonds is 6. The zero-order valence-corrected chi connectivity index (χ0v) is 20.7. The van der Waals surface area contributed by atoms with Crippen LogP contribution in [-0.2, 0) is 10.0 Å². The van der Waals surface area contributed by atoms with Crippen LogP contribution in [0.5, 0.6) is 11.5 Å². The molecule has 0 aromatic heterocycles. The average Bonchev–Trinajstić information content (AvgIpc) is 3.12. The minimum atomic E-state index is -3.74. The van der Waals surface area contributed by atoms with Crippen molar-refractivity contribution in [3.8, 4) is 11.5 Å². The Morgan fingerprint density at radius 1 is 0.882 bits per heavy atom. The van der Waals surface area contributed by atoms with E-state index >= 15 is 0 Å². The van der Waals surface area contributed by atoms with E-state index in [1.165, 1.54) is 22.5 Å². The Balaban J connectivity index is 1.61. The topological polar surface area (TPSA) is 75.7 Å². The van der Waals surface area contributed by atoms with Gasteiger partial charge in [-0.05, 0) is 61.4 Å². The molecule has 34 heavy (non-hydrogen) atoms. The summed E-state index contributed by atoms with van der Waals surface area (Å²) in [5, 5.41) is 3.30. The summed E-state index contributed by atoms with van der Waals surface area (Å²) in [7, 11) is -3.74. The molecule has 0 unspecified atom stereocenters. The quantitative estimate of drug-likeness (QED) is 0.398. The second kappa shape index (κ2) is 10.8. The Bertz CT molecular complexity index is 1280. The normalized spacial score (nSPS) is 14.9. The zero-order valence-electron chi connectivity index (χ0n) is 18.3. The van der Waals surface area contributed by atoms with Gasteiger partial charge in [0.05, 0.1) is 21.2 Å². The molecule has 178 valence electrons. The Labute approximate surface area is 209 Å². The molecule has 1 aliphatic rings. The molecular formula is C25H24Cl2N2O4S. The van der Waals surface area contributed by atoms with Crippen molar-refractivity contribution in [3.05, 3.63) is 82.3 Å². The van der Waals surface area contributed by atoms with E-state index < -0.39 is 15.9 Å². The molecule has 0 spiro atoms. The van der Waals surface area contributed by atoms with Crippen LogP contribution in [0, 0.1) is 0 Å². The summed E-state index contributed by atoms with van der Waals surface area (Å²) in [6, 6.07) is 18.1. The van der Waals surface area contributed by atoms with Crippen LogP contribution in [0.1, 0.15) is 36.0 Å². The molecule has 1 fully saturated rings. The average molecular weight is 519 g/mol. The molecule has 0 radical (unpaired) electrons. The van der Waals surface area contributed by atoms with Crippen molar-refractivity contribution in [1.29, 1.82) is 0 Å². The molecule has 6 nitrogen and oxygen atoms in total. The molecule has 0 saturated carbocycles. The van der Waals surface area contributed by atoms with Crippen LogP contribution >= 0.6 is 23.2 Å². The van der Waals surface area contributed by atoms with E-state index in [1.54, 1.807) is 30.3 Å². The van der Waals surface area contributed by atoms with Crippen LogP contribution in [0.2, 0.25) is 10.0 Å². The summed E-state index contributed by atoms with van der Waals surface area (Å²) >= 11 is 12.4. The van der Waals surface area contributed by atoms with Crippen molar-refractivity contribution in [1.82, 2.24) is 4.31 Å². The number of benzene rings is 3. The zero-order chi connectivity index (χ0) is 24.1. The molecule has 3 aromatic carbocycles. The number of hydrogen-bond acceptors (Lipinski definition) is 4. The Kier molecular flexibility index (Phi) is 7.78. The molecule has 0 bridgehead atoms. The highest BCUT2D eigenvalue weighted by Crippen LogP contribution is 2.33. The Morgan fingerprint density at radius 2 is 1.59 bits per heavy atom. The fourth-order valence-electron chi connectivity index (χ4n) is 3.76. The lowest BCUT2D eigenvalue weighted by molar-refractivity contribution is 0.102. The largest absolute Gasteiger partial charge is 0.455 e. The lowest BCUT2D eigenvalue weighted by Crippen LogP contribution is -2.32. The molecule has 4 rings (SSSR count). The fourth-order valence-corrected chi connectivity index (χ4v) is 5.68. The number of carbonyl (C=O) groups is 1. The van der Waals surface area contributed by atoms with Crippen LogP contribution in [0.25, 0.3) is 0 Å². The molecule has 0 atom stereocenters. The molecule has 1 aliphatic heterocycles. The first kappa shape index (κ1) is 24.5. The maximum Gasteiger partial charge on any atom is 0.257 e. The van der Waals surface area contributed by atoms with Crippen LogP contribution in [-0.4, -0.2) is 31.7 Å². The van der Waals surface area contributed by atoms with E-state index in [-0.39, 0.29) is 15.5 Å². The van der Waals surface area contributed by atoms with Crippen LogP contribution in [0.3, 0.4) is 0 Å². The summed E-state index contributed by atoms with van der Waals surface area (Å²) in [5.74, 6) is 0.399. The highest BCUT2D eigenvalue weighted by atomic mass is 35.5. The van der Waals surface area contributed by atoms with Crippen LogP contribution in [0.15, 0.2) is 71.6 Å². The van der Waals surface area contributed by atoms with Crippen molar-refractivity contribution < 1.29 is 17.9 Å². The first-order valence-corrected chi connectivity index (χ1v) is 13.2. The highest BCUT2D eigenvalue weighted by Gasteiger charge is 2.27. The number of halogens is 2. The van der Waals surface area contributed by atoms with Gasteiger partial charge in [-0.1, -0.05) is 54.2 Å². The molecule has 1 saturated heterocycles. The van der Waals surface area contributed by atoms with Crippen LogP contribution < -0.4 is 10.1 Å². The second-order valence-corrected chi connectivity index (χ2v) is 10.8. The van der Waals surface area contributed by atoms with Gasteiger partial charge in [-0.25, -0.2) is 8.42 Å². The predicted molar refractivity (Wildman–Crippen MR) is 135 cm³/mol. The Morgan fingerprint density at radius 3 is 2.29 bits per heavy atom. The molecule has 9 heteroatoms. The van der Waals surface area contributed by atoms with E-state index in [0.717, 1.165) is 25.7 Å². The third-order valence-electron chi connectivity index (χ3n) is 5.55. The first-order valence-electron chi connectivity index (χ1n) is 11.0. The van der Waals surface area contributed by atoms with Gasteiger partial charge >= 0.3 is 0 Å². The predicted octanol–water partition coefficient (Wildman–Crippen LogP) is 6.60. The number of sulfonamides is 1. The van der Waals surface area contributed by atoms with Crippen LogP contribution in [0.4, 0.5) is 5.69 Å². The first-order chi connectivity index (χ1) is 16.3. The fraction of sp³-hybridized carbons (Fsp3) is 0.240. The summed E-state index contributed by atoms with van der Waals surface area (Å²) < 4.78 is 33.8. The Hall–Kier alpha value is -2.58. The second-order valence-electron chi connectivity index (χ2n) is 7.97. The maximum absolute atomic E-state index is 13.2. The van der Waals surface area contributed by atoms with Gasteiger partial charge in [-0.15, -0.1) is 0 Å². The SMILES string of the molecule is O=C(Nc1cc(Cl)ccc1Oc1ccccc1)c1cc(S(=O)(=O)N2CCCCCC2)ccc1Cl. The molecule has 1 amide bonds. The van der Waals surface area contributed by atoms with E-state index in [0.29, 0.717) is 35.3 Å². The van der Waals surface area contributed by atoms with Gasteiger partial charge in [0.1, 0.15) is 5.75 Å². The monoisotopic (exact) mass is 518 g/mol. The molecule has 1 N–H and O–H groups in total.